The minimum atomic E-state index is -0.554. The van der Waals surface area contributed by atoms with Gasteiger partial charge in [0.05, 0.1) is 0 Å². The van der Waals surface area contributed by atoms with Crippen molar-refractivity contribution in [3.63, 3.8) is 0 Å². The lowest BCUT2D eigenvalue weighted by molar-refractivity contribution is -0.134. The van der Waals surface area contributed by atoms with Gasteiger partial charge in [0, 0.05) is 30.2 Å². The molecule has 1 aliphatic heterocycles. The van der Waals surface area contributed by atoms with Crippen molar-refractivity contribution in [2.75, 3.05) is 24.6 Å². The van der Waals surface area contributed by atoms with Gasteiger partial charge in [-0.1, -0.05) is 12.1 Å². The summed E-state index contributed by atoms with van der Waals surface area (Å²) < 4.78 is 12.9. The highest BCUT2D eigenvalue weighted by Gasteiger charge is 2.23. The molecule has 1 saturated heterocycles. The second-order valence-electron chi connectivity index (χ2n) is 5.51. The van der Waals surface area contributed by atoms with Crippen LogP contribution in [0.15, 0.2) is 29.8 Å². The predicted molar refractivity (Wildman–Crippen MR) is 91.6 cm³/mol. The van der Waals surface area contributed by atoms with Gasteiger partial charge in [-0.25, -0.2) is 4.39 Å². The maximum Gasteiger partial charge on any atom is 0.247 e. The Kier molecular flexibility index (Phi) is 6.21. The number of nitrogens with zero attached hydrogens (tertiary/aromatic N) is 1. The van der Waals surface area contributed by atoms with E-state index in [1.807, 2.05) is 11.8 Å². The van der Waals surface area contributed by atoms with E-state index in [0.29, 0.717) is 5.57 Å². The maximum atomic E-state index is 12.9. The highest BCUT2D eigenvalue weighted by atomic mass is 32.2. The molecule has 0 bridgehead atoms. The number of carbonyl (C=O) groups is 2. The number of thioether (sulfide) groups is 1. The van der Waals surface area contributed by atoms with Crippen molar-refractivity contribution in [2.24, 2.45) is 0 Å². The highest BCUT2D eigenvalue weighted by Crippen LogP contribution is 2.11. The van der Waals surface area contributed by atoms with Gasteiger partial charge >= 0.3 is 0 Å². The van der Waals surface area contributed by atoms with Crippen molar-refractivity contribution in [1.29, 1.82) is 0 Å². The lowest BCUT2D eigenvalue weighted by atomic mass is 10.1. The Labute approximate surface area is 140 Å². The summed E-state index contributed by atoms with van der Waals surface area (Å²) in [7, 11) is 0. The van der Waals surface area contributed by atoms with E-state index in [4.69, 9.17) is 0 Å². The van der Waals surface area contributed by atoms with Crippen LogP contribution in [0.2, 0.25) is 0 Å². The topological polar surface area (TPSA) is 49.4 Å². The smallest absolute Gasteiger partial charge is 0.247 e. The molecule has 2 amide bonds. The molecule has 1 unspecified atom stereocenters. The van der Waals surface area contributed by atoms with E-state index in [1.165, 1.54) is 12.1 Å². The third-order valence-electron chi connectivity index (χ3n) is 3.65. The van der Waals surface area contributed by atoms with Gasteiger partial charge in [-0.2, -0.15) is 11.8 Å². The fourth-order valence-electron chi connectivity index (χ4n) is 2.30. The quantitative estimate of drug-likeness (QED) is 0.859. The summed E-state index contributed by atoms with van der Waals surface area (Å²) >= 11 is 1.83. The predicted octanol–water partition coefficient (Wildman–Crippen LogP) is 2.31. The number of carbonyl (C=O) groups excluding carboxylic acids is 2. The van der Waals surface area contributed by atoms with Gasteiger partial charge in [-0.05, 0) is 37.6 Å². The first-order valence-corrected chi connectivity index (χ1v) is 8.74. The molecule has 0 spiro atoms. The summed E-state index contributed by atoms with van der Waals surface area (Å²) in [5.74, 6) is 1.23. The van der Waals surface area contributed by atoms with Crippen LogP contribution in [0.3, 0.4) is 0 Å². The molecule has 0 saturated carbocycles. The molecular weight excluding hydrogens is 315 g/mol. The molecule has 6 heteroatoms. The van der Waals surface area contributed by atoms with Crippen LogP contribution in [-0.2, 0) is 9.59 Å². The van der Waals surface area contributed by atoms with E-state index in [-0.39, 0.29) is 17.6 Å². The lowest BCUT2D eigenvalue weighted by Gasteiger charge is -2.29. The molecule has 1 aliphatic rings. The van der Waals surface area contributed by atoms with Crippen LogP contribution in [0.5, 0.6) is 0 Å². The van der Waals surface area contributed by atoms with Gasteiger partial charge in [0.2, 0.25) is 11.8 Å². The molecule has 2 rings (SSSR count). The zero-order valence-electron chi connectivity index (χ0n) is 13.3. The van der Waals surface area contributed by atoms with Gasteiger partial charge < -0.3 is 10.2 Å². The number of benzene rings is 1. The Morgan fingerprint density at radius 3 is 2.48 bits per heavy atom. The summed E-state index contributed by atoms with van der Waals surface area (Å²) in [6.45, 7) is 4.84. The number of nitrogens with one attached hydrogen (secondary N) is 1. The summed E-state index contributed by atoms with van der Waals surface area (Å²) in [5, 5.41) is 2.73. The van der Waals surface area contributed by atoms with Gasteiger partial charge in [0.25, 0.3) is 0 Å². The Bertz CT molecular complexity index is 595. The van der Waals surface area contributed by atoms with Gasteiger partial charge in [0.1, 0.15) is 11.9 Å². The molecule has 1 aromatic rings. The summed E-state index contributed by atoms with van der Waals surface area (Å²) in [6, 6.07) is 5.34. The SMILES string of the molecule is CC(=Cc1ccc(F)cc1)C(=O)NC(C)C(=O)N1CCSCC1. The van der Waals surface area contributed by atoms with Crippen molar-refractivity contribution in [2.45, 2.75) is 19.9 Å². The Hall–Kier alpha value is -1.82. The average Bonchev–Trinajstić information content (AvgIpc) is 2.56. The van der Waals surface area contributed by atoms with Crippen LogP contribution < -0.4 is 5.32 Å². The molecule has 124 valence electrons. The monoisotopic (exact) mass is 336 g/mol. The molecular formula is C17H21FN2O2S. The molecule has 0 aliphatic carbocycles. The zero-order chi connectivity index (χ0) is 16.8. The summed E-state index contributed by atoms with van der Waals surface area (Å²) in [5.41, 5.74) is 1.22. The molecule has 0 radical (unpaired) electrons. The van der Waals surface area contributed by atoms with Crippen molar-refractivity contribution in [3.05, 3.63) is 41.2 Å². The molecule has 1 aromatic carbocycles. The van der Waals surface area contributed by atoms with E-state index in [2.05, 4.69) is 5.32 Å². The number of amides is 2. The summed E-state index contributed by atoms with van der Waals surface area (Å²) in [4.78, 5) is 26.3. The van der Waals surface area contributed by atoms with Crippen LogP contribution >= 0.6 is 11.8 Å². The van der Waals surface area contributed by atoms with Crippen LogP contribution in [0.1, 0.15) is 19.4 Å². The Morgan fingerprint density at radius 1 is 1.26 bits per heavy atom. The molecule has 0 aromatic heterocycles. The van der Waals surface area contributed by atoms with Gasteiger partial charge in [-0.15, -0.1) is 0 Å². The van der Waals surface area contributed by atoms with Crippen LogP contribution in [0, 0.1) is 5.82 Å². The first-order valence-electron chi connectivity index (χ1n) is 7.58. The van der Waals surface area contributed by atoms with Crippen LogP contribution in [-0.4, -0.2) is 47.4 Å². The van der Waals surface area contributed by atoms with Crippen LogP contribution in [0.4, 0.5) is 4.39 Å². The first-order chi connectivity index (χ1) is 11.0. The minimum Gasteiger partial charge on any atom is -0.341 e. The van der Waals surface area contributed by atoms with Crippen LogP contribution in [0.25, 0.3) is 6.08 Å². The summed E-state index contributed by atoms with van der Waals surface area (Å²) in [6.07, 6.45) is 1.67. The lowest BCUT2D eigenvalue weighted by Crippen LogP contribution is -2.49. The maximum absolute atomic E-state index is 12.9. The molecule has 23 heavy (non-hydrogen) atoms. The molecule has 1 heterocycles. The fourth-order valence-corrected chi connectivity index (χ4v) is 3.21. The molecule has 1 N–H and O–H groups in total. The van der Waals surface area contributed by atoms with Crippen molar-refractivity contribution >= 4 is 29.7 Å². The standard InChI is InChI=1S/C17H21FN2O2S/c1-12(11-14-3-5-15(18)6-4-14)16(21)19-13(2)17(22)20-7-9-23-10-8-20/h3-6,11,13H,7-10H2,1-2H3,(H,19,21). The van der Waals surface area contributed by atoms with E-state index in [0.717, 1.165) is 30.2 Å². The normalized spacial score (nSPS) is 16.8. The third kappa shape index (κ3) is 5.10. The second kappa shape index (κ2) is 8.15. The number of hydrogen-bond donors (Lipinski definition) is 1. The van der Waals surface area contributed by atoms with Gasteiger partial charge in [0.15, 0.2) is 0 Å². The average molecular weight is 336 g/mol. The number of halogens is 1. The van der Waals surface area contributed by atoms with Gasteiger partial charge in [-0.3, -0.25) is 9.59 Å². The first kappa shape index (κ1) is 17.5. The largest absolute Gasteiger partial charge is 0.341 e. The van der Waals surface area contributed by atoms with Crippen molar-refractivity contribution in [3.8, 4) is 0 Å². The van der Waals surface area contributed by atoms with E-state index in [1.54, 1.807) is 37.0 Å². The van der Waals surface area contributed by atoms with Crippen molar-refractivity contribution in [1.82, 2.24) is 10.2 Å². The minimum absolute atomic E-state index is 0.0479. The number of rotatable bonds is 4. The number of hydrogen-bond acceptors (Lipinski definition) is 3. The molecule has 1 atom stereocenters. The third-order valence-corrected chi connectivity index (χ3v) is 4.59. The Balaban J connectivity index is 1.94. The highest BCUT2D eigenvalue weighted by molar-refractivity contribution is 7.99. The zero-order valence-corrected chi connectivity index (χ0v) is 14.2. The molecule has 1 fully saturated rings. The van der Waals surface area contributed by atoms with E-state index in [9.17, 15) is 14.0 Å². The molecule has 4 nitrogen and oxygen atoms in total. The van der Waals surface area contributed by atoms with E-state index < -0.39 is 6.04 Å². The van der Waals surface area contributed by atoms with Crippen molar-refractivity contribution < 1.29 is 14.0 Å². The van der Waals surface area contributed by atoms with E-state index >= 15 is 0 Å². The second-order valence-corrected chi connectivity index (χ2v) is 6.74. The fraction of sp³-hybridized carbons (Fsp3) is 0.412. The Morgan fingerprint density at radius 2 is 1.87 bits per heavy atom.